The van der Waals surface area contributed by atoms with Crippen LogP contribution in [0.3, 0.4) is 0 Å². The molecule has 0 saturated heterocycles. The minimum Gasteiger partial charge on any atom is -0.494 e. The second kappa shape index (κ2) is 6.21. The fourth-order valence-corrected chi connectivity index (χ4v) is 1.62. The molecule has 0 radical (unpaired) electrons. The van der Waals surface area contributed by atoms with Gasteiger partial charge in [0, 0.05) is 27.2 Å². The maximum absolute atomic E-state index is 13.2. The number of methoxy groups -OCH3 is 1. The van der Waals surface area contributed by atoms with Gasteiger partial charge in [-0.25, -0.2) is 4.39 Å². The fourth-order valence-electron chi connectivity index (χ4n) is 1.62. The van der Waals surface area contributed by atoms with Crippen molar-refractivity contribution >= 4 is 23.5 Å². The first kappa shape index (κ1) is 14.8. The Morgan fingerprint density at radius 2 is 1.86 bits per heavy atom. The molecule has 0 aliphatic rings. The lowest BCUT2D eigenvalue weighted by Gasteiger charge is -2.14. The van der Waals surface area contributed by atoms with E-state index in [9.17, 15) is 4.39 Å². The Balaban J connectivity index is 2.37. The van der Waals surface area contributed by atoms with Crippen LogP contribution in [0.2, 0.25) is 0 Å². The number of rotatable bonds is 5. The highest BCUT2D eigenvalue weighted by Gasteiger charge is 2.10. The molecular formula is C13H17FN6O. The number of ether oxygens (including phenoxy) is 1. The summed E-state index contributed by atoms with van der Waals surface area (Å²) < 4.78 is 18.3. The van der Waals surface area contributed by atoms with Crippen LogP contribution in [-0.2, 0) is 0 Å². The van der Waals surface area contributed by atoms with Crippen LogP contribution >= 0.6 is 0 Å². The largest absolute Gasteiger partial charge is 0.494 e. The van der Waals surface area contributed by atoms with Crippen molar-refractivity contribution in [2.75, 3.05) is 43.8 Å². The quantitative estimate of drug-likeness (QED) is 0.871. The van der Waals surface area contributed by atoms with Gasteiger partial charge in [0.25, 0.3) is 0 Å². The second-order valence-electron chi connectivity index (χ2n) is 4.40. The number of nitrogens with zero attached hydrogens (tertiary/aromatic N) is 4. The first-order valence-corrected chi connectivity index (χ1v) is 6.25. The lowest BCUT2D eigenvalue weighted by atomic mass is 10.3. The maximum Gasteiger partial charge on any atom is 0.233 e. The third kappa shape index (κ3) is 3.47. The van der Waals surface area contributed by atoms with E-state index in [2.05, 4.69) is 25.6 Å². The van der Waals surface area contributed by atoms with Gasteiger partial charge in [-0.3, -0.25) is 0 Å². The molecule has 0 spiro atoms. The maximum atomic E-state index is 13.2. The molecule has 7 nitrogen and oxygen atoms in total. The van der Waals surface area contributed by atoms with E-state index in [1.807, 2.05) is 14.1 Å². The van der Waals surface area contributed by atoms with E-state index < -0.39 is 0 Å². The lowest BCUT2D eigenvalue weighted by molar-refractivity contribution is 0.413. The molecule has 2 aromatic rings. The molecule has 0 atom stereocenters. The van der Waals surface area contributed by atoms with Crippen LogP contribution in [0.5, 0.6) is 5.75 Å². The highest BCUT2D eigenvalue weighted by molar-refractivity contribution is 5.63. The summed E-state index contributed by atoms with van der Waals surface area (Å²) in [6, 6.07) is 4.18. The van der Waals surface area contributed by atoms with Gasteiger partial charge in [0.05, 0.1) is 12.8 Å². The molecular weight excluding hydrogens is 275 g/mol. The Bertz CT molecular complexity index is 634. The van der Waals surface area contributed by atoms with Crippen LogP contribution < -0.4 is 20.3 Å². The van der Waals surface area contributed by atoms with Crippen molar-refractivity contribution in [2.24, 2.45) is 0 Å². The fraction of sp³-hybridized carbons (Fsp3) is 0.308. The number of halogens is 1. The second-order valence-corrected chi connectivity index (χ2v) is 4.40. The molecule has 1 aromatic heterocycles. The molecule has 21 heavy (non-hydrogen) atoms. The van der Waals surface area contributed by atoms with Crippen molar-refractivity contribution in [3.05, 3.63) is 24.0 Å². The Hall–Kier alpha value is -2.64. The lowest BCUT2D eigenvalue weighted by Crippen LogP contribution is -2.15. The summed E-state index contributed by atoms with van der Waals surface area (Å²) >= 11 is 0. The van der Waals surface area contributed by atoms with E-state index in [0.717, 1.165) is 0 Å². The Morgan fingerprint density at radius 1 is 1.14 bits per heavy atom. The van der Waals surface area contributed by atoms with Crippen molar-refractivity contribution in [3.63, 3.8) is 0 Å². The zero-order chi connectivity index (χ0) is 15.4. The zero-order valence-electron chi connectivity index (χ0n) is 12.3. The highest BCUT2D eigenvalue weighted by atomic mass is 19.1. The smallest absolute Gasteiger partial charge is 0.233 e. The van der Waals surface area contributed by atoms with Crippen molar-refractivity contribution < 1.29 is 9.13 Å². The van der Waals surface area contributed by atoms with Crippen LogP contribution in [0.4, 0.5) is 27.9 Å². The summed E-state index contributed by atoms with van der Waals surface area (Å²) in [6.07, 6.45) is 0. The molecule has 1 heterocycles. The number of anilines is 4. The van der Waals surface area contributed by atoms with Crippen LogP contribution in [0.1, 0.15) is 0 Å². The summed E-state index contributed by atoms with van der Waals surface area (Å²) in [7, 11) is 6.85. The van der Waals surface area contributed by atoms with Gasteiger partial charge in [0.2, 0.25) is 17.8 Å². The van der Waals surface area contributed by atoms with Gasteiger partial charge in [-0.15, -0.1) is 0 Å². The first-order chi connectivity index (χ1) is 10.0. The predicted molar refractivity (Wildman–Crippen MR) is 79.9 cm³/mol. The average Bonchev–Trinajstić information content (AvgIpc) is 2.48. The number of hydrogen-bond donors (Lipinski definition) is 2. The molecule has 0 aliphatic carbocycles. The molecule has 112 valence electrons. The molecule has 1 aromatic carbocycles. The summed E-state index contributed by atoms with van der Waals surface area (Å²) in [6.45, 7) is 0. The van der Waals surface area contributed by atoms with E-state index in [1.54, 1.807) is 18.0 Å². The molecule has 0 unspecified atom stereocenters. The van der Waals surface area contributed by atoms with Crippen molar-refractivity contribution in [1.29, 1.82) is 0 Å². The van der Waals surface area contributed by atoms with E-state index in [4.69, 9.17) is 4.74 Å². The Kier molecular flexibility index (Phi) is 4.36. The van der Waals surface area contributed by atoms with Gasteiger partial charge >= 0.3 is 0 Å². The van der Waals surface area contributed by atoms with Crippen molar-refractivity contribution in [2.45, 2.75) is 0 Å². The molecule has 0 bridgehead atoms. The van der Waals surface area contributed by atoms with E-state index in [0.29, 0.717) is 29.3 Å². The van der Waals surface area contributed by atoms with Gasteiger partial charge in [0.1, 0.15) is 11.6 Å². The van der Waals surface area contributed by atoms with Gasteiger partial charge in [-0.05, 0) is 12.1 Å². The Morgan fingerprint density at radius 3 is 2.48 bits per heavy atom. The SMILES string of the molecule is CNc1nc(Nc2ccc(F)cc2OC)nc(N(C)C)n1. The van der Waals surface area contributed by atoms with Gasteiger partial charge in [-0.2, -0.15) is 15.0 Å². The zero-order valence-corrected chi connectivity index (χ0v) is 12.3. The summed E-state index contributed by atoms with van der Waals surface area (Å²) in [5, 5.41) is 5.87. The van der Waals surface area contributed by atoms with Crippen molar-refractivity contribution in [1.82, 2.24) is 15.0 Å². The van der Waals surface area contributed by atoms with Crippen LogP contribution in [0.15, 0.2) is 18.2 Å². The summed E-state index contributed by atoms with van der Waals surface area (Å²) in [5.74, 6) is 1.25. The van der Waals surface area contributed by atoms with Crippen LogP contribution in [-0.4, -0.2) is 43.2 Å². The Labute approximate surface area is 122 Å². The molecule has 0 amide bonds. The van der Waals surface area contributed by atoms with Gasteiger partial charge < -0.3 is 20.3 Å². The first-order valence-electron chi connectivity index (χ1n) is 6.25. The van der Waals surface area contributed by atoms with E-state index in [1.165, 1.54) is 19.2 Å². The van der Waals surface area contributed by atoms with Crippen LogP contribution in [0.25, 0.3) is 0 Å². The normalized spacial score (nSPS) is 10.1. The minimum absolute atomic E-state index is 0.336. The number of benzene rings is 1. The average molecular weight is 292 g/mol. The van der Waals surface area contributed by atoms with Crippen molar-refractivity contribution in [3.8, 4) is 5.75 Å². The van der Waals surface area contributed by atoms with E-state index in [-0.39, 0.29) is 5.82 Å². The highest BCUT2D eigenvalue weighted by Crippen LogP contribution is 2.27. The van der Waals surface area contributed by atoms with E-state index >= 15 is 0 Å². The molecule has 8 heteroatoms. The standard InChI is InChI=1S/C13H17FN6O/c1-15-11-17-12(19-13(18-11)20(2)3)16-9-6-5-8(14)7-10(9)21-4/h5-7H,1-4H3,(H2,15,16,17,18,19). The van der Waals surface area contributed by atoms with Gasteiger partial charge in [-0.1, -0.05) is 0 Å². The predicted octanol–water partition coefficient (Wildman–Crippen LogP) is 1.87. The monoisotopic (exact) mass is 292 g/mol. The molecule has 2 rings (SSSR count). The molecule has 0 aliphatic heterocycles. The molecule has 2 N–H and O–H groups in total. The minimum atomic E-state index is -0.377. The third-order valence-corrected chi connectivity index (χ3v) is 2.66. The third-order valence-electron chi connectivity index (χ3n) is 2.66. The number of nitrogens with one attached hydrogen (secondary N) is 2. The molecule has 0 saturated carbocycles. The summed E-state index contributed by atoms with van der Waals surface area (Å²) in [4.78, 5) is 14.5. The topological polar surface area (TPSA) is 75.2 Å². The molecule has 0 fully saturated rings. The van der Waals surface area contributed by atoms with Crippen LogP contribution in [0, 0.1) is 5.82 Å². The number of aromatic nitrogens is 3. The summed E-state index contributed by atoms with van der Waals surface area (Å²) in [5.41, 5.74) is 0.567. The number of hydrogen-bond acceptors (Lipinski definition) is 7. The van der Waals surface area contributed by atoms with Gasteiger partial charge in [0.15, 0.2) is 0 Å².